The second kappa shape index (κ2) is 10.0. The van der Waals surface area contributed by atoms with Gasteiger partial charge in [-0.25, -0.2) is 9.97 Å². The van der Waals surface area contributed by atoms with Crippen LogP contribution < -0.4 is 16.2 Å². The van der Waals surface area contributed by atoms with Crippen LogP contribution in [0.4, 0.5) is 5.95 Å². The maximum Gasteiger partial charge on any atom is 0.257 e. The molecule has 1 unspecified atom stereocenters. The number of benzene rings is 1. The van der Waals surface area contributed by atoms with Crippen molar-refractivity contribution in [1.82, 2.24) is 14.9 Å². The highest BCUT2D eigenvalue weighted by atomic mass is 35.5. The molecule has 7 nitrogen and oxygen atoms in total. The van der Waals surface area contributed by atoms with Crippen molar-refractivity contribution in [3.63, 3.8) is 0 Å². The molecule has 0 saturated carbocycles. The lowest BCUT2D eigenvalue weighted by Gasteiger charge is -2.40. The molecular weight excluding hydrogens is 449 g/mol. The van der Waals surface area contributed by atoms with Gasteiger partial charge in [0.15, 0.2) is 0 Å². The average Bonchev–Trinajstić information content (AvgIpc) is 3.03. The van der Waals surface area contributed by atoms with Crippen molar-refractivity contribution in [2.75, 3.05) is 32.0 Å². The normalized spacial score (nSPS) is 19.6. The van der Waals surface area contributed by atoms with Gasteiger partial charge in [-0.1, -0.05) is 11.6 Å². The Bertz CT molecular complexity index is 910. The Kier molecular flexibility index (Phi) is 8.16. The number of aromatic nitrogens is 2. The van der Waals surface area contributed by atoms with Crippen molar-refractivity contribution >= 4 is 48.3 Å². The van der Waals surface area contributed by atoms with E-state index in [1.165, 1.54) is 0 Å². The fraction of sp³-hybridized carbons (Fsp3) is 0.450. The lowest BCUT2D eigenvalue weighted by Crippen LogP contribution is -2.48. The Labute approximate surface area is 193 Å². The van der Waals surface area contributed by atoms with Crippen LogP contribution in [0.15, 0.2) is 24.4 Å². The van der Waals surface area contributed by atoms with Gasteiger partial charge in [-0.3, -0.25) is 4.79 Å². The first-order chi connectivity index (χ1) is 13.5. The third kappa shape index (κ3) is 4.59. The predicted molar refractivity (Wildman–Crippen MR) is 122 cm³/mol. The topological polar surface area (TPSA) is 107 Å². The smallest absolute Gasteiger partial charge is 0.257 e. The quantitative estimate of drug-likeness (QED) is 0.705. The van der Waals surface area contributed by atoms with Crippen molar-refractivity contribution < 1.29 is 9.53 Å². The van der Waals surface area contributed by atoms with Gasteiger partial charge in [0, 0.05) is 36.3 Å². The Morgan fingerprint density at radius 3 is 2.87 bits per heavy atom. The molecule has 1 aromatic carbocycles. The third-order valence-electron chi connectivity index (χ3n) is 5.67. The number of hydrogen-bond donors (Lipinski definition) is 2. The average molecular weight is 475 g/mol. The third-order valence-corrected chi connectivity index (χ3v) is 5.91. The molecule has 1 aliphatic carbocycles. The summed E-state index contributed by atoms with van der Waals surface area (Å²) in [5.74, 6) is 0.720. The molecule has 1 aromatic heterocycles. The fourth-order valence-electron chi connectivity index (χ4n) is 4.39. The highest BCUT2D eigenvalue weighted by molar-refractivity contribution is 6.31. The number of carbonyl (C=O) groups is 1. The van der Waals surface area contributed by atoms with Crippen molar-refractivity contribution in [3.8, 4) is 5.75 Å². The Balaban J connectivity index is 0.00000160. The van der Waals surface area contributed by atoms with Crippen molar-refractivity contribution in [2.45, 2.75) is 31.1 Å². The van der Waals surface area contributed by atoms with E-state index in [2.05, 4.69) is 9.97 Å². The minimum absolute atomic E-state index is 0. The van der Waals surface area contributed by atoms with Crippen LogP contribution in [-0.2, 0) is 11.8 Å². The number of fused-ring (bicyclic) bond motifs is 2. The van der Waals surface area contributed by atoms with Crippen LogP contribution in [0.5, 0.6) is 5.75 Å². The summed E-state index contributed by atoms with van der Waals surface area (Å²) in [6.45, 7) is 2.02. The zero-order chi connectivity index (χ0) is 19.7. The first-order valence-corrected chi connectivity index (χ1v) is 9.94. The van der Waals surface area contributed by atoms with E-state index in [9.17, 15) is 4.79 Å². The Morgan fingerprint density at radius 2 is 2.10 bits per heavy atom. The molecule has 164 valence electrons. The number of halogens is 3. The molecule has 1 atom stereocenters. The lowest BCUT2D eigenvalue weighted by molar-refractivity contribution is 0.0629. The molecule has 1 spiro atoms. The molecule has 2 aromatic rings. The number of likely N-dealkylation sites (tertiary alicyclic amines) is 1. The summed E-state index contributed by atoms with van der Waals surface area (Å²) in [5.41, 5.74) is 13.8. The zero-order valence-electron chi connectivity index (χ0n) is 16.5. The van der Waals surface area contributed by atoms with Gasteiger partial charge in [-0.05, 0) is 49.4 Å². The first kappa shape index (κ1) is 24.5. The van der Waals surface area contributed by atoms with Crippen molar-refractivity contribution in [2.24, 2.45) is 5.73 Å². The number of anilines is 1. The van der Waals surface area contributed by atoms with Crippen LogP contribution in [-0.4, -0.2) is 47.0 Å². The van der Waals surface area contributed by atoms with E-state index in [0.29, 0.717) is 42.6 Å². The number of nitrogen functional groups attached to an aromatic ring is 1. The van der Waals surface area contributed by atoms with E-state index in [1.54, 1.807) is 18.2 Å². The van der Waals surface area contributed by atoms with E-state index >= 15 is 0 Å². The number of hydrogen-bond acceptors (Lipinski definition) is 6. The number of carbonyl (C=O) groups excluding carboxylic acids is 1. The van der Waals surface area contributed by atoms with Crippen molar-refractivity contribution in [1.29, 1.82) is 0 Å². The number of ether oxygens (including phenoxy) is 1. The molecule has 0 radical (unpaired) electrons. The molecule has 1 aliphatic heterocycles. The van der Waals surface area contributed by atoms with Gasteiger partial charge in [-0.15, -0.1) is 24.8 Å². The van der Waals surface area contributed by atoms with E-state index in [4.69, 9.17) is 27.8 Å². The van der Waals surface area contributed by atoms with E-state index in [-0.39, 0.29) is 42.1 Å². The molecule has 10 heteroatoms. The maximum absolute atomic E-state index is 13.4. The second-order valence-electron chi connectivity index (χ2n) is 7.49. The fourth-order valence-corrected chi connectivity index (χ4v) is 4.56. The Morgan fingerprint density at radius 1 is 1.30 bits per heavy atom. The van der Waals surface area contributed by atoms with Gasteiger partial charge in [0.2, 0.25) is 5.95 Å². The van der Waals surface area contributed by atoms with Crippen LogP contribution in [0.1, 0.15) is 40.9 Å². The van der Waals surface area contributed by atoms with E-state index in [1.807, 2.05) is 11.1 Å². The van der Waals surface area contributed by atoms with E-state index in [0.717, 1.165) is 36.9 Å². The first-order valence-electron chi connectivity index (χ1n) is 9.56. The molecule has 1 saturated heterocycles. The molecule has 30 heavy (non-hydrogen) atoms. The van der Waals surface area contributed by atoms with Gasteiger partial charge in [0.25, 0.3) is 5.91 Å². The minimum atomic E-state index is -0.156. The lowest BCUT2D eigenvalue weighted by atomic mass is 9.77. The van der Waals surface area contributed by atoms with Crippen LogP contribution in [0.25, 0.3) is 0 Å². The van der Waals surface area contributed by atoms with Crippen LogP contribution >= 0.6 is 36.4 Å². The summed E-state index contributed by atoms with van der Waals surface area (Å²) in [5, 5.41) is 0.502. The van der Waals surface area contributed by atoms with Gasteiger partial charge >= 0.3 is 0 Å². The van der Waals surface area contributed by atoms with Gasteiger partial charge in [0.1, 0.15) is 12.4 Å². The SMILES string of the molecule is Cl.Cl.NCCOc1ccc(Cl)cc1C(=O)N1CCCC2(CCc3cnc(N)nc32)C1. The summed E-state index contributed by atoms with van der Waals surface area (Å²) >= 11 is 6.16. The predicted octanol–water partition coefficient (Wildman–Crippen LogP) is 3.01. The number of aryl methyl sites for hydroxylation is 1. The van der Waals surface area contributed by atoms with Gasteiger partial charge in [0.05, 0.1) is 11.3 Å². The minimum Gasteiger partial charge on any atom is -0.491 e. The molecule has 0 bridgehead atoms. The van der Waals surface area contributed by atoms with Gasteiger partial charge in [-0.2, -0.15) is 0 Å². The molecule has 2 heterocycles. The Hall–Kier alpha value is -1.80. The summed E-state index contributed by atoms with van der Waals surface area (Å²) in [4.78, 5) is 23.9. The summed E-state index contributed by atoms with van der Waals surface area (Å²) < 4.78 is 5.67. The summed E-state index contributed by atoms with van der Waals surface area (Å²) in [6, 6.07) is 5.11. The highest BCUT2D eigenvalue weighted by Crippen LogP contribution is 2.44. The molecular formula is C20H26Cl3N5O2. The van der Waals surface area contributed by atoms with Crippen molar-refractivity contribution in [3.05, 3.63) is 46.2 Å². The van der Waals surface area contributed by atoms with Crippen LogP contribution in [0.3, 0.4) is 0 Å². The number of nitrogens with two attached hydrogens (primary N) is 2. The summed E-state index contributed by atoms with van der Waals surface area (Å²) in [6.07, 6.45) is 5.60. The monoisotopic (exact) mass is 473 g/mol. The largest absolute Gasteiger partial charge is 0.491 e. The molecule has 1 amide bonds. The number of rotatable bonds is 4. The number of amides is 1. The standard InChI is InChI=1S/C20H24ClN5O2.2ClH/c21-14-2-3-16(28-9-7-22)15(10-14)18(27)26-8-1-5-20(12-26)6-4-13-11-24-19(23)25-17(13)20;;/h2-3,10-11H,1,4-9,12,22H2,(H2,23,24,25);2*1H. The molecule has 4 N–H and O–H groups in total. The van der Waals surface area contributed by atoms with Crippen LogP contribution in [0.2, 0.25) is 5.02 Å². The zero-order valence-corrected chi connectivity index (χ0v) is 18.9. The maximum atomic E-state index is 13.4. The number of piperidine rings is 1. The highest BCUT2D eigenvalue weighted by Gasteiger charge is 2.45. The molecule has 4 rings (SSSR count). The van der Waals surface area contributed by atoms with Crippen LogP contribution in [0, 0.1) is 0 Å². The molecule has 2 aliphatic rings. The summed E-state index contributed by atoms with van der Waals surface area (Å²) in [7, 11) is 0. The van der Waals surface area contributed by atoms with Gasteiger partial charge < -0.3 is 21.1 Å². The number of nitrogens with zero attached hydrogens (tertiary/aromatic N) is 3. The second-order valence-corrected chi connectivity index (χ2v) is 7.93. The van der Waals surface area contributed by atoms with E-state index < -0.39 is 0 Å². The molecule has 1 fully saturated rings.